The number of aromatic nitrogens is 3. The second kappa shape index (κ2) is 4.20. The lowest BCUT2D eigenvalue weighted by atomic mass is 9.81. The van der Waals surface area contributed by atoms with Crippen molar-refractivity contribution in [3.05, 3.63) is 53.0 Å². The van der Waals surface area contributed by atoms with Gasteiger partial charge in [-0.3, -0.25) is 4.98 Å². The highest BCUT2D eigenvalue weighted by molar-refractivity contribution is 6.08. The normalized spacial score (nSPS) is 15.0. The Morgan fingerprint density at radius 3 is 2.62 bits per heavy atom. The van der Waals surface area contributed by atoms with E-state index in [1.807, 2.05) is 32.2 Å². The van der Waals surface area contributed by atoms with Crippen LogP contribution in [-0.2, 0) is 5.41 Å². The van der Waals surface area contributed by atoms with E-state index in [0.29, 0.717) is 5.71 Å². The zero-order valence-electron chi connectivity index (χ0n) is 14.1. The van der Waals surface area contributed by atoms with Gasteiger partial charge in [0.05, 0.1) is 22.5 Å². The van der Waals surface area contributed by atoms with Crippen LogP contribution in [0.2, 0.25) is 0 Å². The summed E-state index contributed by atoms with van der Waals surface area (Å²) in [4.78, 5) is 14.0. The first-order chi connectivity index (χ1) is 11.5. The number of benzene rings is 1. The van der Waals surface area contributed by atoms with Gasteiger partial charge in [0, 0.05) is 17.2 Å². The van der Waals surface area contributed by atoms with E-state index in [-0.39, 0.29) is 5.41 Å². The molecule has 4 nitrogen and oxygen atoms in total. The monoisotopic (exact) mass is 315 g/mol. The van der Waals surface area contributed by atoms with E-state index >= 15 is 0 Å². The fourth-order valence-electron chi connectivity index (χ4n) is 3.93. The molecule has 24 heavy (non-hydrogen) atoms. The van der Waals surface area contributed by atoms with Crippen LogP contribution in [0.25, 0.3) is 33.5 Å². The maximum absolute atomic E-state index is 6.01. The van der Waals surface area contributed by atoms with Crippen LogP contribution in [0.1, 0.15) is 36.4 Å². The minimum Gasteiger partial charge on any atom is -0.436 e. The molecule has 4 heteroatoms. The van der Waals surface area contributed by atoms with Crippen LogP contribution in [0.3, 0.4) is 0 Å². The first-order valence-electron chi connectivity index (χ1n) is 8.15. The Hall–Kier alpha value is -2.75. The van der Waals surface area contributed by atoms with Gasteiger partial charge in [-0.2, -0.15) is 0 Å². The highest BCUT2D eigenvalue weighted by atomic mass is 16.3. The third kappa shape index (κ3) is 1.51. The molecule has 0 bridgehead atoms. The van der Waals surface area contributed by atoms with E-state index in [0.717, 1.165) is 33.6 Å². The molecular weight excluding hydrogens is 298 g/mol. The molecular formula is C20H17N3O. The van der Waals surface area contributed by atoms with Crippen molar-refractivity contribution in [1.82, 2.24) is 15.0 Å². The molecule has 0 unspecified atom stereocenters. The summed E-state index contributed by atoms with van der Waals surface area (Å²) < 4.78 is 6.01. The Labute approximate surface area is 139 Å². The third-order valence-corrected chi connectivity index (χ3v) is 5.25. The zero-order chi connectivity index (χ0) is 16.6. The number of hydrogen-bond donors (Lipinski definition) is 0. The van der Waals surface area contributed by atoms with Crippen LogP contribution >= 0.6 is 0 Å². The van der Waals surface area contributed by atoms with Crippen molar-refractivity contribution >= 4 is 22.2 Å². The molecule has 0 radical (unpaired) electrons. The topological polar surface area (TPSA) is 51.8 Å². The van der Waals surface area contributed by atoms with E-state index in [4.69, 9.17) is 9.40 Å². The van der Waals surface area contributed by atoms with Gasteiger partial charge in [0.2, 0.25) is 5.71 Å². The summed E-state index contributed by atoms with van der Waals surface area (Å²) in [6, 6.07) is 8.30. The minimum atomic E-state index is -0.143. The average Bonchev–Trinajstić information content (AvgIpc) is 3.02. The van der Waals surface area contributed by atoms with Crippen LogP contribution in [0.15, 0.2) is 34.9 Å². The largest absolute Gasteiger partial charge is 0.436 e. The van der Waals surface area contributed by atoms with E-state index < -0.39 is 0 Å². The third-order valence-electron chi connectivity index (χ3n) is 5.25. The molecule has 5 rings (SSSR count). The fraction of sp³-hybridized carbons (Fsp3) is 0.250. The standard InChI is InChI=1S/C20H17N3O/c1-10-11(2)23-19-18(22-10)15-14(24-19)8-7-12-16(15)20(3,4)13-6-5-9-21-17(12)13/h5-9H,1-4H3. The first kappa shape index (κ1) is 13.7. The van der Waals surface area contributed by atoms with Gasteiger partial charge in [-0.25, -0.2) is 9.97 Å². The smallest absolute Gasteiger partial charge is 0.246 e. The Kier molecular flexibility index (Phi) is 2.39. The molecule has 0 atom stereocenters. The highest BCUT2D eigenvalue weighted by Gasteiger charge is 2.39. The van der Waals surface area contributed by atoms with Gasteiger partial charge in [0.25, 0.3) is 0 Å². The van der Waals surface area contributed by atoms with Crippen molar-refractivity contribution < 1.29 is 4.42 Å². The lowest BCUT2D eigenvalue weighted by Gasteiger charge is -2.21. The molecule has 3 aromatic heterocycles. The zero-order valence-corrected chi connectivity index (χ0v) is 14.1. The minimum absolute atomic E-state index is 0.143. The molecule has 1 aliphatic rings. The molecule has 0 saturated carbocycles. The lowest BCUT2D eigenvalue weighted by Crippen LogP contribution is -2.15. The lowest BCUT2D eigenvalue weighted by molar-refractivity contribution is 0.645. The molecule has 3 heterocycles. The summed E-state index contributed by atoms with van der Waals surface area (Å²) in [6.45, 7) is 8.44. The Morgan fingerprint density at radius 1 is 1.00 bits per heavy atom. The predicted octanol–water partition coefficient (Wildman–Crippen LogP) is 4.69. The number of pyridine rings is 1. The molecule has 0 N–H and O–H groups in total. The van der Waals surface area contributed by atoms with Crippen LogP contribution in [-0.4, -0.2) is 15.0 Å². The molecule has 4 aromatic rings. The molecule has 0 saturated heterocycles. The maximum atomic E-state index is 6.01. The number of furan rings is 1. The van der Waals surface area contributed by atoms with Gasteiger partial charge in [0.1, 0.15) is 11.1 Å². The van der Waals surface area contributed by atoms with Crippen LogP contribution in [0, 0.1) is 13.8 Å². The maximum Gasteiger partial charge on any atom is 0.246 e. The van der Waals surface area contributed by atoms with Gasteiger partial charge in [-0.1, -0.05) is 19.9 Å². The van der Waals surface area contributed by atoms with Crippen LogP contribution in [0.5, 0.6) is 0 Å². The second-order valence-electron chi connectivity index (χ2n) is 7.04. The Bertz CT molecular complexity index is 1150. The molecule has 1 aliphatic carbocycles. The molecule has 118 valence electrons. The van der Waals surface area contributed by atoms with Gasteiger partial charge in [-0.05, 0) is 43.2 Å². The van der Waals surface area contributed by atoms with Crippen molar-refractivity contribution in [2.24, 2.45) is 0 Å². The number of nitrogens with zero attached hydrogens (tertiary/aromatic N) is 3. The molecule has 0 fully saturated rings. The number of rotatable bonds is 0. The summed E-state index contributed by atoms with van der Waals surface area (Å²) in [5.41, 5.74) is 8.73. The second-order valence-corrected chi connectivity index (χ2v) is 7.04. The van der Waals surface area contributed by atoms with E-state index in [1.54, 1.807) is 0 Å². The SMILES string of the molecule is Cc1nc2oc3ccc4c(c3c2nc1C)C(C)(C)c1cccnc1-4. The van der Waals surface area contributed by atoms with Gasteiger partial charge < -0.3 is 4.42 Å². The summed E-state index contributed by atoms with van der Waals surface area (Å²) in [5, 5.41) is 1.07. The van der Waals surface area contributed by atoms with Gasteiger partial charge in [0.15, 0.2) is 0 Å². The molecule has 0 amide bonds. The summed E-state index contributed by atoms with van der Waals surface area (Å²) >= 11 is 0. The molecule has 0 aliphatic heterocycles. The first-order valence-corrected chi connectivity index (χ1v) is 8.15. The summed E-state index contributed by atoms with van der Waals surface area (Å²) in [5.74, 6) is 0. The van der Waals surface area contributed by atoms with Gasteiger partial charge in [-0.15, -0.1) is 0 Å². The van der Waals surface area contributed by atoms with Crippen molar-refractivity contribution in [3.63, 3.8) is 0 Å². The van der Waals surface area contributed by atoms with E-state index in [2.05, 4.69) is 35.9 Å². The molecule has 0 spiro atoms. The van der Waals surface area contributed by atoms with Crippen LogP contribution < -0.4 is 0 Å². The summed E-state index contributed by atoms with van der Waals surface area (Å²) in [7, 11) is 0. The molecule has 1 aromatic carbocycles. The average molecular weight is 315 g/mol. The highest BCUT2D eigenvalue weighted by Crippen LogP contribution is 2.51. The van der Waals surface area contributed by atoms with E-state index in [9.17, 15) is 0 Å². The van der Waals surface area contributed by atoms with Gasteiger partial charge >= 0.3 is 0 Å². The van der Waals surface area contributed by atoms with Crippen molar-refractivity contribution in [1.29, 1.82) is 0 Å². The number of fused-ring (bicyclic) bond motifs is 7. The van der Waals surface area contributed by atoms with E-state index in [1.165, 1.54) is 16.7 Å². The Morgan fingerprint density at radius 2 is 1.79 bits per heavy atom. The fourth-order valence-corrected chi connectivity index (χ4v) is 3.93. The quantitative estimate of drug-likeness (QED) is 0.472. The van der Waals surface area contributed by atoms with Crippen molar-refractivity contribution in [3.8, 4) is 11.3 Å². The van der Waals surface area contributed by atoms with Crippen LogP contribution in [0.4, 0.5) is 0 Å². The van der Waals surface area contributed by atoms with Crippen molar-refractivity contribution in [2.75, 3.05) is 0 Å². The van der Waals surface area contributed by atoms with Crippen molar-refractivity contribution in [2.45, 2.75) is 33.1 Å². The summed E-state index contributed by atoms with van der Waals surface area (Å²) in [6.07, 6.45) is 1.86. The Balaban J connectivity index is 2.00. The number of aryl methyl sites for hydroxylation is 2. The predicted molar refractivity (Wildman–Crippen MR) is 94.1 cm³/mol. The number of hydrogen-bond acceptors (Lipinski definition) is 4.